The van der Waals surface area contributed by atoms with E-state index in [0.717, 1.165) is 37.5 Å². The van der Waals surface area contributed by atoms with Crippen molar-refractivity contribution in [2.24, 2.45) is 11.8 Å². The van der Waals surface area contributed by atoms with Gasteiger partial charge in [-0.25, -0.2) is 4.39 Å². The smallest absolute Gasteiger partial charge is 0.227 e. The van der Waals surface area contributed by atoms with Crippen molar-refractivity contribution < 1.29 is 18.7 Å². The Kier molecular flexibility index (Phi) is 5.04. The number of carbonyl (C=O) groups is 1. The van der Waals surface area contributed by atoms with E-state index in [2.05, 4.69) is 0 Å². The van der Waals surface area contributed by atoms with E-state index < -0.39 is 0 Å². The second-order valence-corrected chi connectivity index (χ2v) is 7.69. The van der Waals surface area contributed by atoms with Crippen molar-refractivity contribution in [1.82, 2.24) is 4.90 Å². The molecule has 4 nitrogen and oxygen atoms in total. The van der Waals surface area contributed by atoms with Gasteiger partial charge in [-0.1, -0.05) is 12.1 Å². The van der Waals surface area contributed by atoms with E-state index in [4.69, 9.17) is 9.47 Å². The zero-order chi connectivity index (χ0) is 17.2. The predicted molar refractivity (Wildman–Crippen MR) is 91.6 cm³/mol. The molecule has 1 aliphatic heterocycles. The lowest BCUT2D eigenvalue weighted by Gasteiger charge is -2.37. The molecule has 3 aliphatic rings. The summed E-state index contributed by atoms with van der Waals surface area (Å²) in [5.74, 6) is 1.11. The van der Waals surface area contributed by atoms with Gasteiger partial charge < -0.3 is 14.4 Å². The average molecular weight is 347 g/mol. The lowest BCUT2D eigenvalue weighted by atomic mass is 10.1. The van der Waals surface area contributed by atoms with E-state index in [1.165, 1.54) is 25.0 Å². The van der Waals surface area contributed by atoms with E-state index in [9.17, 15) is 9.18 Å². The van der Waals surface area contributed by atoms with E-state index >= 15 is 0 Å². The summed E-state index contributed by atoms with van der Waals surface area (Å²) in [6.45, 7) is 2.93. The first kappa shape index (κ1) is 17.0. The summed E-state index contributed by atoms with van der Waals surface area (Å²) in [5.41, 5.74) is 0.858. The van der Waals surface area contributed by atoms with Crippen LogP contribution < -0.4 is 0 Å². The first-order valence-corrected chi connectivity index (χ1v) is 9.42. The van der Waals surface area contributed by atoms with Crippen molar-refractivity contribution in [3.8, 4) is 0 Å². The molecule has 0 N–H and O–H groups in total. The molecule has 4 rings (SSSR count). The van der Waals surface area contributed by atoms with Crippen LogP contribution in [0.25, 0.3) is 0 Å². The number of amides is 1. The zero-order valence-corrected chi connectivity index (χ0v) is 14.5. The minimum atomic E-state index is -0.271. The van der Waals surface area contributed by atoms with Crippen LogP contribution in [0.2, 0.25) is 0 Å². The van der Waals surface area contributed by atoms with Crippen LogP contribution in [0.15, 0.2) is 24.3 Å². The summed E-state index contributed by atoms with van der Waals surface area (Å²) in [6.07, 6.45) is 5.03. The molecule has 25 heavy (non-hydrogen) atoms. The summed E-state index contributed by atoms with van der Waals surface area (Å²) in [4.78, 5) is 14.7. The highest BCUT2D eigenvalue weighted by atomic mass is 19.1. The summed E-state index contributed by atoms with van der Waals surface area (Å²) < 4.78 is 24.8. The third kappa shape index (κ3) is 4.21. The molecule has 3 fully saturated rings. The van der Waals surface area contributed by atoms with Crippen LogP contribution in [-0.2, 0) is 20.7 Å². The minimum Gasteiger partial charge on any atom is -0.381 e. The number of fused-ring (bicyclic) bond motifs is 1. The maximum atomic E-state index is 13.0. The second kappa shape index (κ2) is 7.42. The molecule has 1 aromatic rings. The number of benzene rings is 1. The van der Waals surface area contributed by atoms with Crippen molar-refractivity contribution in [2.45, 2.75) is 44.2 Å². The normalized spacial score (nSPS) is 28.8. The minimum absolute atomic E-state index is 0.115. The van der Waals surface area contributed by atoms with E-state index in [0.29, 0.717) is 25.5 Å². The third-order valence-electron chi connectivity index (χ3n) is 5.63. The summed E-state index contributed by atoms with van der Waals surface area (Å²) in [7, 11) is 0. The fraction of sp³-hybridized carbons (Fsp3) is 0.650. The summed E-state index contributed by atoms with van der Waals surface area (Å²) >= 11 is 0. The van der Waals surface area contributed by atoms with Gasteiger partial charge in [0.1, 0.15) is 5.82 Å². The molecule has 1 heterocycles. The molecule has 0 radical (unpaired) electrons. The molecule has 1 aromatic carbocycles. The Hall–Kier alpha value is -1.46. The van der Waals surface area contributed by atoms with E-state index in [1.807, 2.05) is 4.90 Å². The molecule has 136 valence electrons. The van der Waals surface area contributed by atoms with Crippen molar-refractivity contribution in [3.05, 3.63) is 35.6 Å². The SMILES string of the molecule is O=C(Cc1ccc(F)cc1)N1CCO[C@@H]2CC(COCC3CC3)C[C@H]21. The molecule has 1 amide bonds. The van der Waals surface area contributed by atoms with Gasteiger partial charge in [0.25, 0.3) is 0 Å². The number of hydrogen-bond acceptors (Lipinski definition) is 3. The molecular weight excluding hydrogens is 321 g/mol. The van der Waals surface area contributed by atoms with Crippen LogP contribution >= 0.6 is 0 Å². The van der Waals surface area contributed by atoms with E-state index in [1.54, 1.807) is 12.1 Å². The lowest BCUT2D eigenvalue weighted by Crippen LogP contribution is -2.51. The molecule has 0 aromatic heterocycles. The van der Waals surface area contributed by atoms with Crippen LogP contribution in [0, 0.1) is 17.7 Å². The van der Waals surface area contributed by atoms with Crippen molar-refractivity contribution in [1.29, 1.82) is 0 Å². The molecule has 0 spiro atoms. The Morgan fingerprint density at radius 1 is 1.16 bits per heavy atom. The zero-order valence-electron chi connectivity index (χ0n) is 14.5. The molecule has 0 bridgehead atoms. The summed E-state index contributed by atoms with van der Waals surface area (Å²) in [6, 6.07) is 6.36. The number of carbonyl (C=O) groups excluding carboxylic acids is 1. The molecule has 1 unspecified atom stereocenters. The van der Waals surface area contributed by atoms with Crippen LogP contribution in [0.5, 0.6) is 0 Å². The highest BCUT2D eigenvalue weighted by Crippen LogP contribution is 2.35. The predicted octanol–water partition coefficient (Wildman–Crippen LogP) is 2.80. The van der Waals surface area contributed by atoms with Crippen LogP contribution in [0.4, 0.5) is 4.39 Å². The number of ether oxygens (including phenoxy) is 2. The van der Waals surface area contributed by atoms with Crippen LogP contribution in [0.3, 0.4) is 0 Å². The Balaban J connectivity index is 1.33. The number of hydrogen-bond donors (Lipinski definition) is 0. The van der Waals surface area contributed by atoms with Crippen LogP contribution in [-0.4, -0.2) is 49.3 Å². The fourth-order valence-electron chi connectivity index (χ4n) is 4.06. The number of halogens is 1. The molecule has 1 saturated heterocycles. The highest BCUT2D eigenvalue weighted by molar-refractivity contribution is 5.79. The summed E-state index contributed by atoms with van der Waals surface area (Å²) in [5, 5.41) is 0. The second-order valence-electron chi connectivity index (χ2n) is 7.69. The number of rotatable bonds is 6. The third-order valence-corrected chi connectivity index (χ3v) is 5.63. The topological polar surface area (TPSA) is 38.8 Å². The first-order chi connectivity index (χ1) is 12.2. The maximum Gasteiger partial charge on any atom is 0.227 e. The van der Waals surface area contributed by atoms with Gasteiger partial charge in [0.05, 0.1) is 25.2 Å². The molecule has 2 saturated carbocycles. The van der Waals surface area contributed by atoms with Gasteiger partial charge in [-0.05, 0) is 55.2 Å². The highest BCUT2D eigenvalue weighted by Gasteiger charge is 2.42. The van der Waals surface area contributed by atoms with E-state index in [-0.39, 0.29) is 23.9 Å². The van der Waals surface area contributed by atoms with Gasteiger partial charge in [-0.3, -0.25) is 4.79 Å². The number of morpholine rings is 1. The molecule has 5 heteroatoms. The monoisotopic (exact) mass is 347 g/mol. The Morgan fingerprint density at radius 3 is 2.68 bits per heavy atom. The van der Waals surface area contributed by atoms with Gasteiger partial charge >= 0.3 is 0 Å². The fourth-order valence-corrected chi connectivity index (χ4v) is 4.06. The lowest BCUT2D eigenvalue weighted by molar-refractivity contribution is -0.143. The van der Waals surface area contributed by atoms with Gasteiger partial charge in [0.2, 0.25) is 5.91 Å². The average Bonchev–Trinajstić information content (AvgIpc) is 3.33. The molecular formula is C20H26FNO3. The van der Waals surface area contributed by atoms with Crippen LogP contribution in [0.1, 0.15) is 31.2 Å². The first-order valence-electron chi connectivity index (χ1n) is 9.42. The number of nitrogens with zero attached hydrogens (tertiary/aromatic N) is 1. The molecule has 2 aliphatic carbocycles. The van der Waals surface area contributed by atoms with Crippen molar-refractivity contribution in [3.63, 3.8) is 0 Å². The largest absolute Gasteiger partial charge is 0.381 e. The standard InChI is InChI=1S/C20H26FNO3/c21-17-5-3-14(4-6-17)11-20(23)22-7-8-25-19-10-16(9-18(19)22)13-24-12-15-1-2-15/h3-6,15-16,18-19H,1-2,7-13H2/t16?,18-,19-/m1/s1. The Morgan fingerprint density at radius 2 is 1.92 bits per heavy atom. The Bertz CT molecular complexity index is 601. The maximum absolute atomic E-state index is 13.0. The quantitative estimate of drug-likeness (QED) is 0.794. The Labute approximate surface area is 148 Å². The molecule has 3 atom stereocenters. The van der Waals surface area contributed by atoms with Gasteiger partial charge in [-0.2, -0.15) is 0 Å². The van der Waals surface area contributed by atoms with Gasteiger partial charge in [0, 0.05) is 19.8 Å². The van der Waals surface area contributed by atoms with Gasteiger partial charge in [-0.15, -0.1) is 0 Å². The van der Waals surface area contributed by atoms with Crippen molar-refractivity contribution in [2.75, 3.05) is 26.4 Å². The van der Waals surface area contributed by atoms with Crippen molar-refractivity contribution >= 4 is 5.91 Å². The van der Waals surface area contributed by atoms with Gasteiger partial charge in [0.15, 0.2) is 0 Å².